The number of nitrogens with zero attached hydrogens (tertiary/aromatic N) is 2. The van der Waals surface area contributed by atoms with Crippen LogP contribution in [0.4, 0.5) is 5.69 Å². The van der Waals surface area contributed by atoms with Crippen LogP contribution in [0.1, 0.15) is 58.9 Å². The van der Waals surface area contributed by atoms with Crippen molar-refractivity contribution in [1.29, 1.82) is 0 Å². The molecule has 0 spiro atoms. The summed E-state index contributed by atoms with van der Waals surface area (Å²) in [6, 6.07) is 13.7. The summed E-state index contributed by atoms with van der Waals surface area (Å²) in [5.74, 6) is -0.0130. The highest BCUT2D eigenvalue weighted by atomic mass is 32.2. The van der Waals surface area contributed by atoms with Crippen molar-refractivity contribution >= 4 is 29.3 Å². The van der Waals surface area contributed by atoms with E-state index >= 15 is 0 Å². The molecule has 0 aromatic heterocycles. The predicted octanol–water partition coefficient (Wildman–Crippen LogP) is 4.52. The number of thioether (sulfide) groups is 1. The van der Waals surface area contributed by atoms with Gasteiger partial charge in [-0.05, 0) is 68.3 Å². The Morgan fingerprint density at radius 1 is 1.13 bits per heavy atom. The number of benzene rings is 2. The maximum atomic E-state index is 13.1. The third-order valence-electron chi connectivity index (χ3n) is 6.09. The molecule has 4 rings (SSSR count). The van der Waals surface area contributed by atoms with Crippen LogP contribution in [0.3, 0.4) is 0 Å². The summed E-state index contributed by atoms with van der Waals surface area (Å²) in [6.07, 6.45) is 6.50. The normalized spacial score (nSPS) is 18.5. The van der Waals surface area contributed by atoms with Crippen LogP contribution in [0.15, 0.2) is 47.4 Å². The van der Waals surface area contributed by atoms with E-state index in [1.165, 1.54) is 11.3 Å². The molecule has 2 aliphatic heterocycles. The van der Waals surface area contributed by atoms with Gasteiger partial charge in [0.05, 0.1) is 11.3 Å². The van der Waals surface area contributed by atoms with Crippen LogP contribution in [-0.2, 0) is 6.54 Å². The Kier molecular flexibility index (Phi) is 6.32. The summed E-state index contributed by atoms with van der Waals surface area (Å²) >= 11 is 1.70. The molecule has 2 aromatic carbocycles. The fourth-order valence-electron chi connectivity index (χ4n) is 4.47. The van der Waals surface area contributed by atoms with Crippen LogP contribution < -0.4 is 10.2 Å². The number of hydrogen-bond acceptors (Lipinski definition) is 4. The lowest BCUT2D eigenvalue weighted by Crippen LogP contribution is -2.55. The van der Waals surface area contributed by atoms with Crippen LogP contribution in [0, 0.1) is 0 Å². The molecule has 1 N–H and O–H groups in total. The third kappa shape index (κ3) is 4.06. The smallest absolute Gasteiger partial charge is 0.257 e. The van der Waals surface area contributed by atoms with Crippen LogP contribution in [0.25, 0.3) is 0 Å². The first-order valence-corrected chi connectivity index (χ1v) is 12.0. The van der Waals surface area contributed by atoms with E-state index in [-0.39, 0.29) is 18.0 Å². The number of rotatable bonds is 5. The van der Waals surface area contributed by atoms with Gasteiger partial charge in [0.15, 0.2) is 0 Å². The molecule has 0 unspecified atom stereocenters. The number of hydrogen-bond donors (Lipinski definition) is 1. The Hall–Kier alpha value is -2.47. The van der Waals surface area contributed by atoms with Gasteiger partial charge < -0.3 is 15.1 Å². The van der Waals surface area contributed by atoms with E-state index in [1.54, 1.807) is 17.8 Å². The van der Waals surface area contributed by atoms with Crippen LogP contribution in [0.5, 0.6) is 0 Å². The number of amides is 2. The quantitative estimate of drug-likeness (QED) is 0.719. The van der Waals surface area contributed by atoms with E-state index in [0.29, 0.717) is 17.7 Å². The topological polar surface area (TPSA) is 52.7 Å². The fourth-order valence-corrected chi connectivity index (χ4v) is 4.88. The molecule has 0 bridgehead atoms. The zero-order valence-corrected chi connectivity index (χ0v) is 18.5. The summed E-state index contributed by atoms with van der Waals surface area (Å²) in [5.41, 5.74) is 3.27. The first-order chi connectivity index (χ1) is 14.6. The van der Waals surface area contributed by atoms with Gasteiger partial charge in [-0.2, -0.15) is 0 Å². The van der Waals surface area contributed by atoms with E-state index in [4.69, 9.17) is 0 Å². The molecule has 2 amide bonds. The number of fused-ring (bicyclic) bond motifs is 2. The van der Waals surface area contributed by atoms with E-state index < -0.39 is 0 Å². The van der Waals surface area contributed by atoms with Crippen molar-refractivity contribution in [3.63, 3.8) is 0 Å². The largest absolute Gasteiger partial charge is 0.351 e. The third-order valence-corrected chi connectivity index (χ3v) is 6.84. The summed E-state index contributed by atoms with van der Waals surface area (Å²) in [5, 5.41) is 3.01. The van der Waals surface area contributed by atoms with Crippen LogP contribution in [-0.4, -0.2) is 42.2 Å². The van der Waals surface area contributed by atoms with Gasteiger partial charge in [0.25, 0.3) is 11.8 Å². The number of anilines is 1. The lowest BCUT2D eigenvalue weighted by atomic mass is 10.0. The average Bonchev–Trinajstić information content (AvgIpc) is 3.04. The van der Waals surface area contributed by atoms with E-state index in [1.807, 2.05) is 35.4 Å². The first kappa shape index (κ1) is 20.8. The SMILES string of the molecule is CCN1c2cc(C(=O)NCc3ccc(SC)cc3)ccc2C(=O)N2CCCCC[C@H]21. The van der Waals surface area contributed by atoms with Gasteiger partial charge in [0.2, 0.25) is 0 Å². The minimum absolute atomic E-state index is 0.0995. The van der Waals surface area contributed by atoms with E-state index in [2.05, 4.69) is 29.3 Å². The van der Waals surface area contributed by atoms with Gasteiger partial charge in [0.1, 0.15) is 6.17 Å². The zero-order valence-electron chi connectivity index (χ0n) is 17.7. The highest BCUT2D eigenvalue weighted by Gasteiger charge is 2.37. The zero-order chi connectivity index (χ0) is 21.1. The Bertz CT molecular complexity index is 929. The minimum Gasteiger partial charge on any atom is -0.351 e. The van der Waals surface area contributed by atoms with Crippen LogP contribution >= 0.6 is 11.8 Å². The fraction of sp³-hybridized carbons (Fsp3) is 0.417. The minimum atomic E-state index is -0.112. The molecule has 0 saturated carbocycles. The van der Waals surface area contributed by atoms with E-state index in [0.717, 1.165) is 43.6 Å². The molecule has 6 heteroatoms. The molecule has 1 fully saturated rings. The summed E-state index contributed by atoms with van der Waals surface area (Å²) in [4.78, 5) is 31.4. The molecular formula is C24H29N3O2S. The van der Waals surface area contributed by atoms with Crippen molar-refractivity contribution in [2.24, 2.45) is 0 Å². The average molecular weight is 424 g/mol. The second kappa shape index (κ2) is 9.13. The molecular weight excluding hydrogens is 394 g/mol. The Morgan fingerprint density at radius 2 is 1.93 bits per heavy atom. The summed E-state index contributed by atoms with van der Waals surface area (Å²) < 4.78 is 0. The van der Waals surface area contributed by atoms with Gasteiger partial charge in [-0.3, -0.25) is 9.59 Å². The maximum absolute atomic E-state index is 13.1. The molecule has 1 saturated heterocycles. The monoisotopic (exact) mass is 423 g/mol. The summed E-state index contributed by atoms with van der Waals surface area (Å²) in [7, 11) is 0. The summed E-state index contributed by atoms with van der Waals surface area (Å²) in [6.45, 7) is 4.23. The molecule has 158 valence electrons. The highest BCUT2D eigenvalue weighted by molar-refractivity contribution is 7.98. The highest BCUT2D eigenvalue weighted by Crippen LogP contribution is 2.35. The van der Waals surface area contributed by atoms with Crippen molar-refractivity contribution in [1.82, 2.24) is 10.2 Å². The molecule has 2 aromatic rings. The van der Waals surface area contributed by atoms with Crippen molar-refractivity contribution in [2.75, 3.05) is 24.2 Å². The van der Waals surface area contributed by atoms with Gasteiger partial charge in [0, 0.05) is 30.1 Å². The Balaban J connectivity index is 1.54. The van der Waals surface area contributed by atoms with Crippen LogP contribution in [0.2, 0.25) is 0 Å². The lowest BCUT2D eigenvalue weighted by molar-refractivity contribution is 0.0656. The Morgan fingerprint density at radius 3 is 2.67 bits per heavy atom. The predicted molar refractivity (Wildman–Crippen MR) is 122 cm³/mol. The molecule has 30 heavy (non-hydrogen) atoms. The van der Waals surface area contributed by atoms with Crippen molar-refractivity contribution in [3.05, 3.63) is 59.2 Å². The standard InChI is InChI=1S/C24H29N3O2S/c1-3-26-21-15-18(23(28)25-16-17-8-11-19(30-2)12-9-17)10-13-20(21)24(29)27-14-6-4-5-7-22(26)27/h8-13,15,22H,3-7,14,16H2,1-2H3,(H,25,28)/t22-/m0/s1. The van der Waals surface area contributed by atoms with Gasteiger partial charge in [-0.1, -0.05) is 18.6 Å². The Labute approximate surface area is 182 Å². The van der Waals surface area contributed by atoms with E-state index in [9.17, 15) is 9.59 Å². The molecule has 2 heterocycles. The van der Waals surface area contributed by atoms with Gasteiger partial charge in [-0.25, -0.2) is 0 Å². The second-order valence-corrected chi connectivity index (χ2v) is 8.76. The van der Waals surface area contributed by atoms with Gasteiger partial charge >= 0.3 is 0 Å². The number of nitrogens with one attached hydrogen (secondary N) is 1. The van der Waals surface area contributed by atoms with Crippen molar-refractivity contribution in [2.45, 2.75) is 50.2 Å². The molecule has 5 nitrogen and oxygen atoms in total. The number of carbonyl (C=O) groups excluding carboxylic acids is 2. The molecule has 1 atom stereocenters. The number of carbonyl (C=O) groups is 2. The van der Waals surface area contributed by atoms with Crippen molar-refractivity contribution in [3.8, 4) is 0 Å². The molecule has 0 aliphatic carbocycles. The molecule has 2 aliphatic rings. The maximum Gasteiger partial charge on any atom is 0.257 e. The second-order valence-electron chi connectivity index (χ2n) is 7.88. The lowest BCUT2D eigenvalue weighted by Gasteiger charge is -2.44. The first-order valence-electron chi connectivity index (χ1n) is 10.7. The van der Waals surface area contributed by atoms with Gasteiger partial charge in [-0.15, -0.1) is 11.8 Å². The van der Waals surface area contributed by atoms with Crippen molar-refractivity contribution < 1.29 is 9.59 Å². The molecule has 0 radical (unpaired) electrons.